The van der Waals surface area contributed by atoms with Crippen LogP contribution in [0.1, 0.15) is 25.7 Å². The number of carbonyl (C=O) groups is 2. The van der Waals surface area contributed by atoms with Crippen LogP contribution in [0, 0.1) is 5.92 Å². The molecule has 0 saturated heterocycles. The number of carbonyl (C=O) groups excluding carboxylic acids is 2. The van der Waals surface area contributed by atoms with Crippen molar-refractivity contribution in [1.82, 2.24) is 10.3 Å². The van der Waals surface area contributed by atoms with E-state index in [4.69, 9.17) is 16.3 Å². The Morgan fingerprint density at radius 2 is 1.67 bits per heavy atom. The second kappa shape index (κ2) is 11.0. The van der Waals surface area contributed by atoms with Crippen LogP contribution >= 0.6 is 11.6 Å². The lowest BCUT2D eigenvalue weighted by atomic mass is 9.85. The van der Waals surface area contributed by atoms with E-state index in [2.05, 4.69) is 20.4 Å². The van der Waals surface area contributed by atoms with E-state index >= 15 is 0 Å². The summed E-state index contributed by atoms with van der Waals surface area (Å²) in [4.78, 5) is 29.4. The minimum absolute atomic E-state index is 0.0868. The van der Waals surface area contributed by atoms with Crippen molar-refractivity contribution in [2.24, 2.45) is 5.92 Å². The zero-order valence-electron chi connectivity index (χ0n) is 19.0. The van der Waals surface area contributed by atoms with Crippen LogP contribution in [0.15, 0.2) is 54.6 Å². The zero-order valence-corrected chi connectivity index (χ0v) is 19.7. The van der Waals surface area contributed by atoms with Crippen LogP contribution < -0.4 is 20.1 Å². The van der Waals surface area contributed by atoms with Gasteiger partial charge in [0.15, 0.2) is 6.61 Å². The molecule has 7 nitrogen and oxygen atoms in total. The average molecular weight is 522 g/mol. The van der Waals surface area contributed by atoms with Crippen molar-refractivity contribution in [2.75, 3.05) is 11.9 Å². The van der Waals surface area contributed by atoms with E-state index in [9.17, 15) is 22.8 Å². The number of ether oxygens (including phenoxy) is 2. The zero-order chi connectivity index (χ0) is 25.7. The number of amides is 2. The third-order valence-electron chi connectivity index (χ3n) is 5.79. The fourth-order valence-corrected chi connectivity index (χ4v) is 4.23. The van der Waals surface area contributed by atoms with Crippen LogP contribution in [0.25, 0.3) is 10.9 Å². The molecule has 0 bridgehead atoms. The van der Waals surface area contributed by atoms with Gasteiger partial charge in [0.1, 0.15) is 17.3 Å². The SMILES string of the molecule is O=C(COc1ccc(OC(F)(F)F)cc1)N[C@H]1CC[C@H](C(=O)Nc2ccc3cc(Cl)ccc3n2)CC1. The number of aromatic nitrogens is 1. The summed E-state index contributed by atoms with van der Waals surface area (Å²) in [6.07, 6.45) is -2.28. The second-order valence-electron chi connectivity index (χ2n) is 8.45. The number of hydrogen-bond donors (Lipinski definition) is 2. The second-order valence-corrected chi connectivity index (χ2v) is 8.88. The van der Waals surface area contributed by atoms with Crippen molar-refractivity contribution in [1.29, 1.82) is 0 Å². The molecular weight excluding hydrogens is 499 g/mol. The van der Waals surface area contributed by atoms with E-state index in [1.165, 1.54) is 12.1 Å². The van der Waals surface area contributed by atoms with Gasteiger partial charge >= 0.3 is 6.36 Å². The molecule has 2 amide bonds. The number of hydrogen-bond acceptors (Lipinski definition) is 5. The van der Waals surface area contributed by atoms with Crippen LogP contribution in [-0.4, -0.2) is 35.8 Å². The van der Waals surface area contributed by atoms with E-state index in [0.29, 0.717) is 36.5 Å². The summed E-state index contributed by atoms with van der Waals surface area (Å²) in [5.41, 5.74) is 0.733. The van der Waals surface area contributed by atoms with Crippen molar-refractivity contribution in [2.45, 2.75) is 38.1 Å². The van der Waals surface area contributed by atoms with Crippen LogP contribution in [0.3, 0.4) is 0 Å². The fraction of sp³-hybridized carbons (Fsp3) is 0.320. The van der Waals surface area contributed by atoms with Gasteiger partial charge in [-0.25, -0.2) is 4.98 Å². The minimum atomic E-state index is -4.77. The summed E-state index contributed by atoms with van der Waals surface area (Å²) in [6, 6.07) is 13.6. The van der Waals surface area contributed by atoms with E-state index < -0.39 is 6.36 Å². The summed E-state index contributed by atoms with van der Waals surface area (Å²) in [6.45, 7) is -0.279. The van der Waals surface area contributed by atoms with Gasteiger partial charge in [0.05, 0.1) is 5.52 Å². The van der Waals surface area contributed by atoms with Gasteiger partial charge < -0.3 is 20.1 Å². The number of anilines is 1. The molecule has 190 valence electrons. The van der Waals surface area contributed by atoms with Gasteiger partial charge in [-0.05, 0) is 80.3 Å². The molecule has 1 aromatic heterocycles. The Kier molecular flexibility index (Phi) is 7.83. The number of alkyl halides is 3. The van der Waals surface area contributed by atoms with Gasteiger partial charge in [0.2, 0.25) is 5.91 Å². The van der Waals surface area contributed by atoms with Crippen molar-refractivity contribution in [3.05, 3.63) is 59.6 Å². The third-order valence-corrected chi connectivity index (χ3v) is 6.03. The number of nitrogens with one attached hydrogen (secondary N) is 2. The molecule has 0 unspecified atom stereocenters. The van der Waals surface area contributed by atoms with Gasteiger partial charge in [-0.3, -0.25) is 9.59 Å². The third kappa shape index (κ3) is 7.24. The molecule has 1 fully saturated rings. The molecule has 0 spiro atoms. The van der Waals surface area contributed by atoms with Gasteiger partial charge in [-0.2, -0.15) is 0 Å². The summed E-state index contributed by atoms with van der Waals surface area (Å²) >= 11 is 5.99. The lowest BCUT2D eigenvalue weighted by Gasteiger charge is -2.28. The molecule has 0 aliphatic heterocycles. The molecule has 11 heteroatoms. The molecule has 36 heavy (non-hydrogen) atoms. The first-order valence-corrected chi connectivity index (χ1v) is 11.7. The van der Waals surface area contributed by atoms with Crippen LogP contribution in [0.4, 0.5) is 19.0 Å². The lowest BCUT2D eigenvalue weighted by Crippen LogP contribution is -2.41. The highest BCUT2D eigenvalue weighted by Crippen LogP contribution is 2.27. The van der Waals surface area contributed by atoms with E-state index in [0.717, 1.165) is 23.0 Å². The molecule has 1 saturated carbocycles. The Labute approximate surface area is 209 Å². The number of fused-ring (bicyclic) bond motifs is 1. The molecule has 0 radical (unpaired) electrons. The Morgan fingerprint density at radius 3 is 2.36 bits per heavy atom. The predicted molar refractivity (Wildman–Crippen MR) is 128 cm³/mol. The highest BCUT2D eigenvalue weighted by Gasteiger charge is 2.31. The number of nitrogens with zero attached hydrogens (tertiary/aromatic N) is 1. The normalized spacial score (nSPS) is 17.9. The van der Waals surface area contributed by atoms with Gasteiger partial charge in [0.25, 0.3) is 5.91 Å². The van der Waals surface area contributed by atoms with Crippen molar-refractivity contribution >= 4 is 40.1 Å². The topological polar surface area (TPSA) is 89.5 Å². The maximum absolute atomic E-state index is 12.7. The van der Waals surface area contributed by atoms with Crippen molar-refractivity contribution in [3.8, 4) is 11.5 Å². The smallest absolute Gasteiger partial charge is 0.484 e. The maximum Gasteiger partial charge on any atom is 0.573 e. The summed E-state index contributed by atoms with van der Waals surface area (Å²) in [5.74, 6) is -0.303. The predicted octanol–water partition coefficient (Wildman–Crippen LogP) is 5.48. The van der Waals surface area contributed by atoms with Gasteiger partial charge in [0, 0.05) is 22.4 Å². The van der Waals surface area contributed by atoms with Crippen LogP contribution in [-0.2, 0) is 9.59 Å². The maximum atomic E-state index is 12.7. The number of halogens is 4. The molecule has 2 aromatic carbocycles. The van der Waals surface area contributed by atoms with Gasteiger partial charge in [-0.15, -0.1) is 13.2 Å². The van der Waals surface area contributed by atoms with E-state index in [-0.39, 0.29) is 41.9 Å². The summed E-state index contributed by atoms with van der Waals surface area (Å²) in [5, 5.41) is 7.24. The van der Waals surface area contributed by atoms with Crippen molar-refractivity contribution < 1.29 is 32.2 Å². The number of pyridine rings is 1. The molecule has 4 rings (SSSR count). The molecule has 0 atom stereocenters. The van der Waals surface area contributed by atoms with Crippen molar-refractivity contribution in [3.63, 3.8) is 0 Å². The fourth-order valence-electron chi connectivity index (χ4n) is 4.05. The first kappa shape index (κ1) is 25.6. The largest absolute Gasteiger partial charge is 0.573 e. The quantitative estimate of drug-likeness (QED) is 0.430. The Morgan fingerprint density at radius 1 is 0.972 bits per heavy atom. The average Bonchev–Trinajstić information content (AvgIpc) is 2.83. The Balaban J connectivity index is 1.19. The standard InChI is InChI=1S/C25H23ClF3N3O4/c26-17-4-11-21-16(13-17)3-12-22(31-21)32-24(34)15-1-5-18(6-2-15)30-23(33)14-35-19-7-9-20(10-8-19)36-25(27,28)29/h3-4,7-13,15,18H,1-2,5-6,14H2,(H,30,33)(H,31,32,34)/t15-,18-. The van der Waals surface area contributed by atoms with Crippen LogP contribution in [0.5, 0.6) is 11.5 Å². The Hall–Kier alpha value is -3.53. The number of benzene rings is 2. The number of rotatable bonds is 7. The first-order chi connectivity index (χ1) is 17.1. The molecule has 2 N–H and O–H groups in total. The highest BCUT2D eigenvalue weighted by molar-refractivity contribution is 6.31. The van der Waals surface area contributed by atoms with E-state index in [1.54, 1.807) is 24.3 Å². The molecule has 1 heterocycles. The molecular formula is C25H23ClF3N3O4. The lowest BCUT2D eigenvalue weighted by molar-refractivity contribution is -0.274. The van der Waals surface area contributed by atoms with E-state index in [1.807, 2.05) is 6.07 Å². The Bertz CT molecular complexity index is 1230. The summed E-state index contributed by atoms with van der Waals surface area (Å²) < 4.78 is 45.8. The monoisotopic (exact) mass is 521 g/mol. The summed E-state index contributed by atoms with van der Waals surface area (Å²) in [7, 11) is 0. The highest BCUT2D eigenvalue weighted by atomic mass is 35.5. The molecule has 1 aliphatic rings. The first-order valence-electron chi connectivity index (χ1n) is 11.3. The van der Waals surface area contributed by atoms with Gasteiger partial charge in [-0.1, -0.05) is 11.6 Å². The minimum Gasteiger partial charge on any atom is -0.484 e. The molecule has 3 aromatic rings. The van der Waals surface area contributed by atoms with Crippen LogP contribution in [0.2, 0.25) is 5.02 Å². The molecule has 1 aliphatic carbocycles.